The Balaban J connectivity index is 1.91. The number of nitrogens with one attached hydrogen (secondary N) is 2. The van der Waals surface area contributed by atoms with E-state index in [2.05, 4.69) is 17.6 Å². The smallest absolute Gasteiger partial charge is 0.319 e. The SMILES string of the molecule is CC(CNC(=O)Nc1cccc(C(=O)N(C)C)c1)c1ccccc1. The predicted molar refractivity (Wildman–Crippen MR) is 96.3 cm³/mol. The number of hydrogen-bond donors (Lipinski definition) is 2. The van der Waals surface area contributed by atoms with Gasteiger partial charge in [0.2, 0.25) is 0 Å². The van der Waals surface area contributed by atoms with Gasteiger partial charge in [0.15, 0.2) is 0 Å². The van der Waals surface area contributed by atoms with Crippen LogP contribution in [-0.4, -0.2) is 37.5 Å². The summed E-state index contributed by atoms with van der Waals surface area (Å²) in [6, 6.07) is 16.6. The van der Waals surface area contributed by atoms with E-state index in [1.807, 2.05) is 30.3 Å². The van der Waals surface area contributed by atoms with Crippen LogP contribution in [0.2, 0.25) is 0 Å². The molecule has 0 fully saturated rings. The number of amides is 3. The standard InChI is InChI=1S/C19H23N3O2/c1-14(15-8-5-4-6-9-15)13-20-19(24)21-17-11-7-10-16(12-17)18(23)22(2)3/h4-12,14H,13H2,1-3H3,(H2,20,21,24). The first-order valence-corrected chi connectivity index (χ1v) is 7.89. The van der Waals surface area contributed by atoms with Crippen molar-refractivity contribution in [3.8, 4) is 0 Å². The van der Waals surface area contributed by atoms with Crippen LogP contribution in [0.5, 0.6) is 0 Å². The number of nitrogens with zero attached hydrogens (tertiary/aromatic N) is 1. The van der Waals surface area contributed by atoms with E-state index in [1.54, 1.807) is 38.4 Å². The quantitative estimate of drug-likeness (QED) is 0.886. The summed E-state index contributed by atoms with van der Waals surface area (Å²) in [5, 5.41) is 5.62. The fourth-order valence-electron chi connectivity index (χ4n) is 2.31. The predicted octanol–water partition coefficient (Wildman–Crippen LogP) is 3.31. The number of carbonyl (C=O) groups is 2. The molecular weight excluding hydrogens is 302 g/mol. The lowest BCUT2D eigenvalue weighted by Crippen LogP contribution is -2.31. The Morgan fingerprint density at radius 2 is 1.75 bits per heavy atom. The van der Waals surface area contributed by atoms with Crippen LogP contribution in [0.1, 0.15) is 28.8 Å². The van der Waals surface area contributed by atoms with Crippen molar-refractivity contribution < 1.29 is 9.59 Å². The highest BCUT2D eigenvalue weighted by molar-refractivity contribution is 5.96. The van der Waals surface area contributed by atoms with E-state index in [1.165, 1.54) is 10.5 Å². The van der Waals surface area contributed by atoms with Crippen LogP contribution in [0.25, 0.3) is 0 Å². The zero-order valence-electron chi connectivity index (χ0n) is 14.2. The molecule has 0 radical (unpaired) electrons. The molecule has 0 spiro atoms. The zero-order valence-corrected chi connectivity index (χ0v) is 14.2. The van der Waals surface area contributed by atoms with Crippen LogP contribution in [0.15, 0.2) is 54.6 Å². The lowest BCUT2D eigenvalue weighted by atomic mass is 10.0. The van der Waals surface area contributed by atoms with Crippen molar-refractivity contribution in [1.82, 2.24) is 10.2 Å². The molecule has 2 N–H and O–H groups in total. The molecule has 0 bridgehead atoms. The Morgan fingerprint density at radius 1 is 1.04 bits per heavy atom. The van der Waals surface area contributed by atoms with Crippen molar-refractivity contribution in [2.75, 3.05) is 26.0 Å². The lowest BCUT2D eigenvalue weighted by Gasteiger charge is -2.14. The summed E-state index contributed by atoms with van der Waals surface area (Å²) in [6.07, 6.45) is 0. The van der Waals surface area contributed by atoms with Crippen LogP contribution < -0.4 is 10.6 Å². The highest BCUT2D eigenvalue weighted by atomic mass is 16.2. The maximum Gasteiger partial charge on any atom is 0.319 e. The van der Waals surface area contributed by atoms with E-state index in [9.17, 15) is 9.59 Å². The summed E-state index contributed by atoms with van der Waals surface area (Å²) >= 11 is 0. The Kier molecular flexibility index (Phi) is 5.95. The summed E-state index contributed by atoms with van der Waals surface area (Å²) in [4.78, 5) is 25.5. The maximum absolute atomic E-state index is 12.0. The van der Waals surface area contributed by atoms with Gasteiger partial charge in [-0.15, -0.1) is 0 Å². The van der Waals surface area contributed by atoms with Gasteiger partial charge in [0.1, 0.15) is 0 Å². The van der Waals surface area contributed by atoms with Crippen molar-refractivity contribution >= 4 is 17.6 Å². The molecule has 2 rings (SSSR count). The average Bonchev–Trinajstić information content (AvgIpc) is 2.60. The fourth-order valence-corrected chi connectivity index (χ4v) is 2.31. The molecule has 2 aromatic carbocycles. The largest absolute Gasteiger partial charge is 0.345 e. The van der Waals surface area contributed by atoms with Crippen LogP contribution in [0.3, 0.4) is 0 Å². The van der Waals surface area contributed by atoms with Crippen LogP contribution >= 0.6 is 0 Å². The van der Waals surface area contributed by atoms with Crippen molar-refractivity contribution in [2.45, 2.75) is 12.8 Å². The van der Waals surface area contributed by atoms with E-state index in [-0.39, 0.29) is 17.9 Å². The molecule has 1 unspecified atom stereocenters. The van der Waals surface area contributed by atoms with Gasteiger partial charge in [-0.2, -0.15) is 0 Å². The molecule has 2 aromatic rings. The summed E-state index contributed by atoms with van der Waals surface area (Å²) in [5.74, 6) is 0.121. The summed E-state index contributed by atoms with van der Waals surface area (Å²) in [5.41, 5.74) is 2.30. The Labute approximate surface area is 142 Å². The molecular formula is C19H23N3O2. The molecule has 0 heterocycles. The van der Waals surface area contributed by atoms with Crippen molar-refractivity contribution in [2.24, 2.45) is 0 Å². The first kappa shape index (κ1) is 17.5. The van der Waals surface area contributed by atoms with Crippen molar-refractivity contribution in [3.05, 3.63) is 65.7 Å². The molecule has 0 saturated heterocycles. The number of anilines is 1. The van der Waals surface area contributed by atoms with Gasteiger partial charge in [0.25, 0.3) is 5.91 Å². The number of urea groups is 1. The summed E-state index contributed by atoms with van der Waals surface area (Å²) in [7, 11) is 3.39. The molecule has 0 saturated carbocycles. The first-order valence-electron chi connectivity index (χ1n) is 7.89. The second-order valence-electron chi connectivity index (χ2n) is 5.93. The van der Waals surface area contributed by atoms with E-state index >= 15 is 0 Å². The van der Waals surface area contributed by atoms with E-state index in [4.69, 9.17) is 0 Å². The highest BCUT2D eigenvalue weighted by Gasteiger charge is 2.10. The minimum absolute atomic E-state index is 0.100. The third-order valence-electron chi connectivity index (χ3n) is 3.71. The van der Waals surface area contributed by atoms with Gasteiger partial charge in [0, 0.05) is 31.9 Å². The van der Waals surface area contributed by atoms with Gasteiger partial charge in [-0.1, -0.05) is 43.3 Å². The minimum atomic E-state index is -0.285. The monoisotopic (exact) mass is 325 g/mol. The molecule has 5 nitrogen and oxygen atoms in total. The van der Waals surface area contributed by atoms with Crippen LogP contribution in [0, 0.1) is 0 Å². The third-order valence-corrected chi connectivity index (χ3v) is 3.71. The molecule has 0 aromatic heterocycles. The van der Waals surface area contributed by atoms with Crippen LogP contribution in [0.4, 0.5) is 10.5 Å². The van der Waals surface area contributed by atoms with Crippen LogP contribution in [-0.2, 0) is 0 Å². The topological polar surface area (TPSA) is 61.4 Å². The van der Waals surface area contributed by atoms with Crippen molar-refractivity contribution in [3.63, 3.8) is 0 Å². The number of carbonyl (C=O) groups excluding carboxylic acids is 2. The number of rotatable bonds is 5. The molecule has 0 aliphatic heterocycles. The van der Waals surface area contributed by atoms with Gasteiger partial charge in [-0.25, -0.2) is 4.79 Å². The van der Waals surface area contributed by atoms with E-state index in [0.29, 0.717) is 17.8 Å². The number of benzene rings is 2. The zero-order chi connectivity index (χ0) is 17.5. The maximum atomic E-state index is 12.0. The first-order chi connectivity index (χ1) is 11.5. The fraction of sp³-hybridized carbons (Fsp3) is 0.263. The number of hydrogen-bond acceptors (Lipinski definition) is 2. The molecule has 24 heavy (non-hydrogen) atoms. The summed E-state index contributed by atoms with van der Waals surface area (Å²) in [6.45, 7) is 2.60. The molecule has 1 atom stereocenters. The van der Waals surface area contributed by atoms with E-state index < -0.39 is 0 Å². The molecule has 0 aliphatic rings. The summed E-state index contributed by atoms with van der Waals surface area (Å²) < 4.78 is 0. The van der Waals surface area contributed by atoms with Gasteiger partial charge in [0.05, 0.1) is 0 Å². The Bertz CT molecular complexity index is 699. The third kappa shape index (κ3) is 4.84. The van der Waals surface area contributed by atoms with Gasteiger partial charge < -0.3 is 15.5 Å². The second-order valence-corrected chi connectivity index (χ2v) is 5.93. The normalized spacial score (nSPS) is 11.5. The van der Waals surface area contributed by atoms with E-state index in [0.717, 1.165) is 0 Å². The second kappa shape index (κ2) is 8.15. The van der Waals surface area contributed by atoms with Crippen molar-refractivity contribution in [1.29, 1.82) is 0 Å². The van der Waals surface area contributed by atoms with Gasteiger partial charge in [-0.3, -0.25) is 4.79 Å². The molecule has 126 valence electrons. The lowest BCUT2D eigenvalue weighted by molar-refractivity contribution is 0.0827. The highest BCUT2D eigenvalue weighted by Crippen LogP contribution is 2.14. The Morgan fingerprint density at radius 3 is 2.42 bits per heavy atom. The molecule has 5 heteroatoms. The van der Waals surface area contributed by atoms with Gasteiger partial charge >= 0.3 is 6.03 Å². The average molecular weight is 325 g/mol. The Hall–Kier alpha value is -2.82. The minimum Gasteiger partial charge on any atom is -0.345 e. The molecule has 0 aliphatic carbocycles. The van der Waals surface area contributed by atoms with Gasteiger partial charge in [-0.05, 0) is 29.7 Å². The molecule has 3 amide bonds.